The van der Waals surface area contributed by atoms with E-state index in [1.54, 1.807) is 42.5 Å². The summed E-state index contributed by atoms with van der Waals surface area (Å²) in [5, 5.41) is 21.4. The molecular formula is C21H20N6O5. The van der Waals surface area contributed by atoms with Crippen LogP contribution in [-0.2, 0) is 11.3 Å². The summed E-state index contributed by atoms with van der Waals surface area (Å²) in [7, 11) is 1.52. The van der Waals surface area contributed by atoms with Crippen LogP contribution in [0, 0.1) is 10.1 Å². The lowest BCUT2D eigenvalue weighted by Gasteiger charge is -2.10. The maximum Gasteiger partial charge on any atom is 0.307 e. The number of nitrogens with one attached hydrogen (secondary N) is 2. The van der Waals surface area contributed by atoms with E-state index in [4.69, 9.17) is 4.74 Å². The van der Waals surface area contributed by atoms with E-state index in [2.05, 4.69) is 20.9 Å². The second-order valence-corrected chi connectivity index (χ2v) is 6.65. The number of nitro groups is 1. The fraction of sp³-hybridized carbons (Fsp3) is 0.143. The first-order valence-electron chi connectivity index (χ1n) is 9.41. The summed E-state index contributed by atoms with van der Waals surface area (Å²) in [6.45, 7) is 1.60. The van der Waals surface area contributed by atoms with Gasteiger partial charge in [0.2, 0.25) is 5.91 Å². The third kappa shape index (κ3) is 5.53. The van der Waals surface area contributed by atoms with E-state index in [0.717, 1.165) is 5.56 Å². The van der Waals surface area contributed by atoms with Gasteiger partial charge in [-0.1, -0.05) is 12.1 Å². The molecule has 0 unspecified atom stereocenters. The molecule has 0 aliphatic heterocycles. The first kappa shape index (κ1) is 22.2. The van der Waals surface area contributed by atoms with Gasteiger partial charge >= 0.3 is 5.69 Å². The van der Waals surface area contributed by atoms with Crippen molar-refractivity contribution in [2.75, 3.05) is 12.4 Å². The Labute approximate surface area is 182 Å². The van der Waals surface area contributed by atoms with Crippen molar-refractivity contribution < 1.29 is 19.2 Å². The van der Waals surface area contributed by atoms with Gasteiger partial charge in [0.25, 0.3) is 5.91 Å². The van der Waals surface area contributed by atoms with Crippen LogP contribution in [0.2, 0.25) is 0 Å². The number of benzene rings is 2. The van der Waals surface area contributed by atoms with Crippen molar-refractivity contribution in [3.8, 4) is 5.75 Å². The third-order valence-corrected chi connectivity index (χ3v) is 4.33. The zero-order chi connectivity index (χ0) is 23.1. The molecule has 11 heteroatoms. The molecule has 3 rings (SSSR count). The molecule has 3 aromatic rings. The average Bonchev–Trinajstić information content (AvgIpc) is 3.23. The van der Waals surface area contributed by atoms with E-state index < -0.39 is 10.8 Å². The topological polar surface area (TPSA) is 141 Å². The summed E-state index contributed by atoms with van der Waals surface area (Å²) in [4.78, 5) is 34.1. The van der Waals surface area contributed by atoms with Gasteiger partial charge in [-0.3, -0.25) is 24.4 Å². The van der Waals surface area contributed by atoms with Crippen molar-refractivity contribution >= 4 is 29.4 Å². The van der Waals surface area contributed by atoms with Crippen LogP contribution in [0.5, 0.6) is 5.75 Å². The van der Waals surface area contributed by atoms with Crippen molar-refractivity contribution in [2.24, 2.45) is 5.10 Å². The van der Waals surface area contributed by atoms with Gasteiger partial charge in [0.15, 0.2) is 0 Å². The second-order valence-electron chi connectivity index (χ2n) is 6.65. The molecule has 0 bridgehead atoms. The predicted molar refractivity (Wildman–Crippen MR) is 117 cm³/mol. The van der Waals surface area contributed by atoms with E-state index in [0.29, 0.717) is 17.0 Å². The molecule has 2 amide bonds. The molecule has 0 spiro atoms. The molecule has 164 valence electrons. The van der Waals surface area contributed by atoms with Crippen molar-refractivity contribution in [3.05, 3.63) is 81.7 Å². The molecule has 0 atom stereocenters. The summed E-state index contributed by atoms with van der Waals surface area (Å²) >= 11 is 0. The van der Waals surface area contributed by atoms with Crippen LogP contribution in [0.1, 0.15) is 28.4 Å². The number of hydrogen-bond acceptors (Lipinski definition) is 7. The van der Waals surface area contributed by atoms with E-state index >= 15 is 0 Å². The Morgan fingerprint density at radius 3 is 2.75 bits per heavy atom. The van der Waals surface area contributed by atoms with Crippen molar-refractivity contribution in [1.29, 1.82) is 0 Å². The molecular weight excluding hydrogens is 416 g/mol. The lowest BCUT2D eigenvalue weighted by atomic mass is 10.1. The minimum Gasteiger partial charge on any atom is -0.496 e. The second kappa shape index (κ2) is 9.98. The molecule has 0 saturated heterocycles. The van der Waals surface area contributed by atoms with Gasteiger partial charge in [-0.15, -0.1) is 0 Å². The smallest absolute Gasteiger partial charge is 0.307 e. The number of para-hydroxylation sites is 1. The van der Waals surface area contributed by atoms with Crippen molar-refractivity contribution in [1.82, 2.24) is 15.2 Å². The van der Waals surface area contributed by atoms with Gasteiger partial charge in [-0.05, 0) is 35.9 Å². The minimum atomic E-state index is -0.517. The molecule has 2 N–H and O–H groups in total. The highest BCUT2D eigenvalue weighted by Gasteiger charge is 2.12. The van der Waals surface area contributed by atoms with Crippen LogP contribution in [0.25, 0.3) is 0 Å². The number of carbonyl (C=O) groups is 2. The zero-order valence-corrected chi connectivity index (χ0v) is 17.3. The average molecular weight is 436 g/mol. The Hall–Kier alpha value is -4.54. The summed E-state index contributed by atoms with van der Waals surface area (Å²) in [5.74, 6) is -0.196. The Morgan fingerprint density at radius 1 is 1.28 bits per heavy atom. The van der Waals surface area contributed by atoms with Crippen LogP contribution in [0.4, 0.5) is 11.4 Å². The molecule has 0 saturated carbocycles. The number of ether oxygens (including phenoxy) is 1. The number of amides is 2. The third-order valence-electron chi connectivity index (χ3n) is 4.33. The number of hydrazone groups is 1. The van der Waals surface area contributed by atoms with Crippen LogP contribution in [-0.4, -0.2) is 39.8 Å². The number of anilines is 1. The fourth-order valence-corrected chi connectivity index (χ4v) is 2.92. The molecule has 0 fully saturated rings. The van der Waals surface area contributed by atoms with Crippen LogP contribution < -0.4 is 15.5 Å². The largest absolute Gasteiger partial charge is 0.496 e. The number of rotatable bonds is 8. The number of aromatic nitrogens is 2. The summed E-state index contributed by atoms with van der Waals surface area (Å²) in [6, 6.07) is 11.8. The number of hydrogen-bond donors (Lipinski definition) is 2. The zero-order valence-electron chi connectivity index (χ0n) is 17.3. The highest BCUT2D eigenvalue weighted by Crippen LogP contribution is 2.21. The van der Waals surface area contributed by atoms with Gasteiger partial charge in [0.1, 0.15) is 18.1 Å². The van der Waals surface area contributed by atoms with Crippen molar-refractivity contribution in [3.63, 3.8) is 0 Å². The Morgan fingerprint density at radius 2 is 2.06 bits per heavy atom. The monoisotopic (exact) mass is 436 g/mol. The molecule has 1 heterocycles. The quantitative estimate of drug-likeness (QED) is 0.316. The van der Waals surface area contributed by atoms with Gasteiger partial charge in [0.05, 0.1) is 36.0 Å². The predicted octanol–water partition coefficient (Wildman–Crippen LogP) is 2.57. The van der Waals surface area contributed by atoms with E-state index in [1.807, 2.05) is 0 Å². The molecule has 0 aliphatic carbocycles. The van der Waals surface area contributed by atoms with E-state index in [-0.39, 0.29) is 23.7 Å². The van der Waals surface area contributed by atoms with Crippen molar-refractivity contribution in [2.45, 2.75) is 13.5 Å². The van der Waals surface area contributed by atoms with Gasteiger partial charge in [-0.25, -0.2) is 5.43 Å². The molecule has 0 radical (unpaired) electrons. The molecule has 32 heavy (non-hydrogen) atoms. The van der Waals surface area contributed by atoms with Crippen LogP contribution in [0.3, 0.4) is 0 Å². The highest BCUT2D eigenvalue weighted by atomic mass is 16.6. The number of methoxy groups -OCH3 is 1. The molecule has 0 aliphatic rings. The minimum absolute atomic E-state index is 0.107. The van der Waals surface area contributed by atoms with E-state index in [9.17, 15) is 19.7 Å². The molecule has 1 aromatic heterocycles. The highest BCUT2D eigenvalue weighted by molar-refractivity contribution is 6.03. The molecule has 2 aromatic carbocycles. The first-order valence-corrected chi connectivity index (χ1v) is 9.41. The number of carbonyl (C=O) groups excluding carboxylic acids is 2. The maximum absolute atomic E-state index is 12.4. The van der Waals surface area contributed by atoms with Gasteiger partial charge < -0.3 is 10.1 Å². The first-order chi connectivity index (χ1) is 15.4. The fourth-order valence-electron chi connectivity index (χ4n) is 2.92. The maximum atomic E-state index is 12.4. The lowest BCUT2D eigenvalue weighted by molar-refractivity contribution is -0.385. The summed E-state index contributed by atoms with van der Waals surface area (Å²) in [5.41, 5.74) is 4.36. The molecule has 11 nitrogen and oxygen atoms in total. The summed E-state index contributed by atoms with van der Waals surface area (Å²) < 4.78 is 6.78. The summed E-state index contributed by atoms with van der Waals surface area (Å²) in [6.07, 6.45) is 3.95. The SMILES string of the molecule is COc1ccc(/C=N/NC(=O)c2ccccc2NC(C)=O)cc1Cn1cc([N+](=O)[O-])cn1. The Bertz CT molecular complexity index is 1190. The normalized spacial score (nSPS) is 10.7. The number of nitrogens with zero attached hydrogens (tertiary/aromatic N) is 4. The standard InChI is InChI=1S/C21H20N6O5/c1-14(28)24-19-6-4-3-5-18(19)21(29)25-22-10-15-7-8-20(32-2)16(9-15)12-26-13-17(11-23-26)27(30)31/h3-11,13H,12H2,1-2H3,(H,24,28)(H,25,29)/b22-10+. The van der Waals surface area contributed by atoms with Gasteiger partial charge in [-0.2, -0.15) is 10.2 Å². The Kier molecular flexibility index (Phi) is 6.91. The van der Waals surface area contributed by atoms with E-state index in [1.165, 1.54) is 37.3 Å². The lowest BCUT2D eigenvalue weighted by Crippen LogP contribution is -2.20. The van der Waals surface area contributed by atoms with Crippen LogP contribution in [0.15, 0.2) is 60.0 Å². The van der Waals surface area contributed by atoms with Crippen LogP contribution >= 0.6 is 0 Å². The Balaban J connectivity index is 1.73. The van der Waals surface area contributed by atoms with Gasteiger partial charge in [0, 0.05) is 12.5 Å².